The Kier molecular flexibility index (Phi) is 7.35. The Morgan fingerprint density at radius 1 is 0.971 bits per heavy atom. The van der Waals surface area contributed by atoms with Gasteiger partial charge in [0.25, 0.3) is 5.91 Å². The molecule has 3 aliphatic rings. The lowest BCUT2D eigenvalue weighted by Gasteiger charge is -2.45. The summed E-state index contributed by atoms with van der Waals surface area (Å²) in [4.78, 5) is 33.0. The minimum atomic E-state index is -0.826. The number of likely N-dealkylation sites (N-methyl/N-ethyl adjacent to an activating group) is 1. The molecule has 2 saturated heterocycles. The number of carbonyl (C=O) groups excluding carboxylic acids is 2. The van der Waals surface area contributed by atoms with Crippen LogP contribution in [0.2, 0.25) is 10.0 Å². The third kappa shape index (κ3) is 5.67. The van der Waals surface area contributed by atoms with E-state index in [1.54, 1.807) is 0 Å². The zero-order valence-corrected chi connectivity index (χ0v) is 21.4. The van der Waals surface area contributed by atoms with Crippen molar-refractivity contribution in [2.75, 3.05) is 39.8 Å². The van der Waals surface area contributed by atoms with Crippen LogP contribution in [0.5, 0.6) is 0 Å². The van der Waals surface area contributed by atoms with Crippen LogP contribution in [0.1, 0.15) is 42.5 Å². The molecule has 0 N–H and O–H groups in total. The van der Waals surface area contributed by atoms with Crippen molar-refractivity contribution in [3.8, 4) is 0 Å². The van der Waals surface area contributed by atoms with Gasteiger partial charge in [-0.05, 0) is 61.2 Å². The number of hydrogen-bond acceptors (Lipinski definition) is 4. The molecule has 2 heterocycles. The van der Waals surface area contributed by atoms with E-state index in [0.29, 0.717) is 35.6 Å². The molecule has 0 spiro atoms. The smallest absolute Gasteiger partial charge is 0.252 e. The molecule has 1 aliphatic carbocycles. The molecule has 186 valence electrons. The molecule has 6 nitrogen and oxygen atoms in total. The predicted octanol–water partition coefficient (Wildman–Crippen LogP) is 4.58. The van der Waals surface area contributed by atoms with Crippen LogP contribution < -0.4 is 0 Å². The van der Waals surface area contributed by atoms with Crippen LogP contribution in [-0.2, 0) is 14.3 Å². The van der Waals surface area contributed by atoms with E-state index in [1.165, 1.54) is 0 Å². The number of carbonyl (C=O) groups is 2. The molecule has 3 fully saturated rings. The second kappa shape index (κ2) is 10.5. The Labute approximate surface area is 216 Å². The Morgan fingerprint density at radius 3 is 2.34 bits per heavy atom. The average Bonchev–Trinajstić information content (AvgIpc) is 3.67. The maximum absolute atomic E-state index is 13.8. The van der Waals surface area contributed by atoms with Crippen LogP contribution in [0, 0.1) is 5.92 Å². The second-order valence-electron chi connectivity index (χ2n) is 9.92. The summed E-state index contributed by atoms with van der Waals surface area (Å²) >= 11 is 12.5. The van der Waals surface area contributed by atoms with E-state index in [2.05, 4.69) is 11.9 Å². The Morgan fingerprint density at radius 2 is 1.69 bits per heavy atom. The van der Waals surface area contributed by atoms with Crippen LogP contribution in [-0.4, -0.2) is 72.4 Å². The third-order valence-corrected chi connectivity index (χ3v) is 7.74. The van der Waals surface area contributed by atoms with Crippen molar-refractivity contribution in [1.82, 2.24) is 14.7 Å². The topological polar surface area (TPSA) is 53.1 Å². The highest BCUT2D eigenvalue weighted by Gasteiger charge is 2.46. The molecule has 2 aromatic carbocycles. The Hall–Kier alpha value is -2.12. The maximum atomic E-state index is 13.8. The molecule has 2 aliphatic heterocycles. The van der Waals surface area contributed by atoms with E-state index in [9.17, 15) is 9.59 Å². The van der Waals surface area contributed by atoms with Gasteiger partial charge in [0.15, 0.2) is 0 Å². The SMILES string of the molecule is CN1CCN(C(=O)C[C@@H]2O[C@@H](c3cccc(Cl)c3)[C@@H](c3ccc(Cl)cc3)N(CC3CC3)C2=O)CC1. The van der Waals surface area contributed by atoms with Gasteiger partial charge in [0.05, 0.1) is 12.5 Å². The van der Waals surface area contributed by atoms with Crippen LogP contribution in [0.3, 0.4) is 0 Å². The van der Waals surface area contributed by atoms with Crippen LogP contribution in [0.15, 0.2) is 48.5 Å². The number of piperazine rings is 1. The quantitative estimate of drug-likeness (QED) is 0.565. The molecule has 1 saturated carbocycles. The first kappa shape index (κ1) is 24.6. The Balaban J connectivity index is 1.47. The average molecular weight is 516 g/mol. The number of rotatable bonds is 6. The number of halogens is 2. The monoisotopic (exact) mass is 515 g/mol. The fourth-order valence-corrected chi connectivity index (χ4v) is 5.34. The summed E-state index contributed by atoms with van der Waals surface area (Å²) in [6, 6.07) is 14.9. The van der Waals surface area contributed by atoms with Gasteiger partial charge in [0.2, 0.25) is 5.91 Å². The van der Waals surface area contributed by atoms with Gasteiger partial charge in [-0.3, -0.25) is 9.59 Å². The van der Waals surface area contributed by atoms with Gasteiger partial charge in [-0.2, -0.15) is 0 Å². The van der Waals surface area contributed by atoms with Crippen molar-refractivity contribution >= 4 is 35.0 Å². The van der Waals surface area contributed by atoms with Gasteiger partial charge < -0.3 is 19.4 Å². The predicted molar refractivity (Wildman–Crippen MR) is 136 cm³/mol. The first-order valence-electron chi connectivity index (χ1n) is 12.3. The normalized spacial score (nSPS) is 25.7. The van der Waals surface area contributed by atoms with Crippen molar-refractivity contribution in [3.05, 3.63) is 69.7 Å². The molecule has 8 heteroatoms. The van der Waals surface area contributed by atoms with E-state index in [0.717, 1.165) is 37.1 Å². The van der Waals surface area contributed by atoms with Crippen molar-refractivity contribution in [2.24, 2.45) is 5.92 Å². The molecule has 35 heavy (non-hydrogen) atoms. The molecule has 2 aromatic rings. The standard InChI is InChI=1S/C27H31Cl2N3O3/c1-30-11-13-31(14-12-30)24(33)16-23-27(34)32(17-18-5-6-18)25(19-7-9-21(28)10-8-19)26(35-23)20-3-2-4-22(29)15-20/h2-4,7-10,15,18,23,25-26H,5-6,11-14,16-17H2,1H3/t23-,25+,26-/m0/s1. The minimum Gasteiger partial charge on any atom is -0.357 e. The summed E-state index contributed by atoms with van der Waals surface area (Å²) in [5.41, 5.74) is 1.85. The highest BCUT2D eigenvalue weighted by Crippen LogP contribution is 2.45. The first-order chi connectivity index (χ1) is 16.9. The fraction of sp³-hybridized carbons (Fsp3) is 0.481. The number of nitrogens with zero attached hydrogens (tertiary/aromatic N) is 3. The molecule has 2 amide bonds. The first-order valence-corrected chi connectivity index (χ1v) is 13.1. The van der Waals surface area contributed by atoms with E-state index >= 15 is 0 Å². The zero-order chi connectivity index (χ0) is 24.5. The summed E-state index contributed by atoms with van der Waals surface area (Å²) in [7, 11) is 2.05. The molecule has 3 atom stereocenters. The lowest BCUT2D eigenvalue weighted by molar-refractivity contribution is -0.178. The summed E-state index contributed by atoms with van der Waals surface area (Å²) in [6.45, 7) is 3.68. The summed E-state index contributed by atoms with van der Waals surface area (Å²) < 4.78 is 6.51. The maximum Gasteiger partial charge on any atom is 0.252 e. The number of ether oxygens (including phenoxy) is 1. The van der Waals surface area contributed by atoms with Crippen molar-refractivity contribution in [1.29, 1.82) is 0 Å². The lowest BCUT2D eigenvalue weighted by atomic mass is 9.91. The molecular formula is C27H31Cl2N3O3. The van der Waals surface area contributed by atoms with Crippen molar-refractivity contribution in [3.63, 3.8) is 0 Å². The van der Waals surface area contributed by atoms with Gasteiger partial charge in [0, 0.05) is 42.8 Å². The highest BCUT2D eigenvalue weighted by atomic mass is 35.5. The second-order valence-corrected chi connectivity index (χ2v) is 10.8. The van der Waals surface area contributed by atoms with E-state index in [-0.39, 0.29) is 24.3 Å². The molecule has 0 aromatic heterocycles. The van der Waals surface area contributed by atoms with E-state index in [4.69, 9.17) is 27.9 Å². The Bertz CT molecular complexity index is 1070. The van der Waals surface area contributed by atoms with Gasteiger partial charge >= 0.3 is 0 Å². The van der Waals surface area contributed by atoms with Crippen molar-refractivity contribution in [2.45, 2.75) is 37.5 Å². The third-order valence-electron chi connectivity index (χ3n) is 7.25. The summed E-state index contributed by atoms with van der Waals surface area (Å²) in [5, 5.41) is 1.25. The minimum absolute atomic E-state index is 0.0300. The highest BCUT2D eigenvalue weighted by molar-refractivity contribution is 6.30. The molecule has 5 rings (SSSR count). The lowest BCUT2D eigenvalue weighted by Crippen LogP contribution is -2.54. The van der Waals surface area contributed by atoms with Gasteiger partial charge in [-0.15, -0.1) is 0 Å². The fourth-order valence-electron chi connectivity index (χ4n) is 5.02. The van der Waals surface area contributed by atoms with Crippen LogP contribution in [0.25, 0.3) is 0 Å². The van der Waals surface area contributed by atoms with E-state index < -0.39 is 12.2 Å². The number of benzene rings is 2. The summed E-state index contributed by atoms with van der Waals surface area (Å²) in [6.07, 6.45) is 1.01. The van der Waals surface area contributed by atoms with E-state index in [1.807, 2.05) is 58.3 Å². The zero-order valence-electron chi connectivity index (χ0n) is 19.9. The van der Waals surface area contributed by atoms with Crippen LogP contribution >= 0.6 is 23.2 Å². The molecular weight excluding hydrogens is 485 g/mol. The van der Waals surface area contributed by atoms with Crippen molar-refractivity contribution < 1.29 is 14.3 Å². The van der Waals surface area contributed by atoms with Gasteiger partial charge in [-0.25, -0.2) is 0 Å². The molecule has 0 bridgehead atoms. The number of amides is 2. The largest absolute Gasteiger partial charge is 0.357 e. The summed E-state index contributed by atoms with van der Waals surface area (Å²) in [5.74, 6) is 0.344. The van der Waals surface area contributed by atoms with Gasteiger partial charge in [-0.1, -0.05) is 47.5 Å². The number of morpholine rings is 1. The number of hydrogen-bond donors (Lipinski definition) is 0. The van der Waals surface area contributed by atoms with Crippen LogP contribution in [0.4, 0.5) is 0 Å². The van der Waals surface area contributed by atoms with Gasteiger partial charge in [0.1, 0.15) is 12.2 Å². The molecule has 0 radical (unpaired) electrons. The molecule has 0 unspecified atom stereocenters.